The third-order valence-electron chi connectivity index (χ3n) is 4.61. The molecule has 1 aliphatic rings. The maximum atomic E-state index is 5.84. The van der Waals surface area contributed by atoms with E-state index in [1.807, 2.05) is 30.3 Å². The molecule has 9 nitrogen and oxygen atoms in total. The monoisotopic (exact) mass is 426 g/mol. The zero-order valence-corrected chi connectivity index (χ0v) is 17.1. The van der Waals surface area contributed by atoms with Gasteiger partial charge in [0.05, 0.1) is 14.2 Å². The minimum Gasteiger partial charge on any atom is -0.493 e. The lowest BCUT2D eigenvalue weighted by atomic mass is 10.1. The quantitative estimate of drug-likeness (QED) is 0.445. The van der Waals surface area contributed by atoms with Crippen LogP contribution < -0.4 is 23.7 Å². The van der Waals surface area contributed by atoms with Gasteiger partial charge in [0.2, 0.25) is 11.8 Å². The van der Waals surface area contributed by atoms with Crippen molar-refractivity contribution in [3.8, 4) is 28.7 Å². The Morgan fingerprint density at radius 2 is 1.87 bits per heavy atom. The summed E-state index contributed by atoms with van der Waals surface area (Å²) in [7, 11) is 3.24. The van der Waals surface area contributed by atoms with Crippen LogP contribution in [0.15, 0.2) is 36.4 Å². The molecule has 3 heterocycles. The van der Waals surface area contributed by atoms with Gasteiger partial charge in [-0.1, -0.05) is 17.4 Å². The largest absolute Gasteiger partial charge is 0.493 e. The van der Waals surface area contributed by atoms with E-state index >= 15 is 0 Å². The second kappa shape index (κ2) is 7.71. The maximum absolute atomic E-state index is 5.84. The van der Waals surface area contributed by atoms with Gasteiger partial charge in [-0.2, -0.15) is 9.61 Å². The molecule has 4 aromatic rings. The second-order valence-electron chi connectivity index (χ2n) is 6.48. The first-order chi connectivity index (χ1) is 14.7. The number of benzene rings is 2. The van der Waals surface area contributed by atoms with Crippen LogP contribution in [0, 0.1) is 0 Å². The van der Waals surface area contributed by atoms with E-state index < -0.39 is 0 Å². The van der Waals surface area contributed by atoms with Crippen molar-refractivity contribution >= 4 is 16.3 Å². The molecule has 0 atom stereocenters. The molecule has 2 aromatic carbocycles. The summed E-state index contributed by atoms with van der Waals surface area (Å²) in [5.41, 5.74) is 1.07. The van der Waals surface area contributed by atoms with Crippen molar-refractivity contribution in [1.82, 2.24) is 19.8 Å². The van der Waals surface area contributed by atoms with Crippen molar-refractivity contribution in [3.63, 3.8) is 0 Å². The Morgan fingerprint density at radius 3 is 2.73 bits per heavy atom. The fourth-order valence-corrected chi connectivity index (χ4v) is 4.02. The molecular formula is C20H18N4O5S. The highest BCUT2D eigenvalue weighted by Gasteiger charge is 2.16. The number of hydrogen-bond donors (Lipinski definition) is 0. The minimum absolute atomic E-state index is 0.227. The highest BCUT2D eigenvalue weighted by Crippen LogP contribution is 2.35. The molecular weight excluding hydrogens is 408 g/mol. The van der Waals surface area contributed by atoms with Crippen LogP contribution in [0.5, 0.6) is 28.7 Å². The summed E-state index contributed by atoms with van der Waals surface area (Å²) >= 11 is 1.49. The first-order valence-electron chi connectivity index (χ1n) is 9.17. The average Bonchev–Trinajstić information content (AvgIpc) is 3.48. The van der Waals surface area contributed by atoms with Gasteiger partial charge in [-0.15, -0.1) is 10.2 Å². The summed E-state index contributed by atoms with van der Waals surface area (Å²) < 4.78 is 28.9. The zero-order chi connectivity index (χ0) is 20.5. The Labute approximate surface area is 175 Å². The van der Waals surface area contributed by atoms with E-state index in [2.05, 4.69) is 15.3 Å². The van der Waals surface area contributed by atoms with E-state index in [4.69, 9.17) is 23.7 Å². The van der Waals surface area contributed by atoms with Gasteiger partial charge in [0.25, 0.3) is 0 Å². The van der Waals surface area contributed by atoms with Crippen LogP contribution in [-0.4, -0.2) is 40.8 Å². The normalized spacial score (nSPS) is 12.3. The summed E-state index contributed by atoms with van der Waals surface area (Å²) in [5, 5.41) is 14.0. The zero-order valence-electron chi connectivity index (χ0n) is 16.3. The standard InChI is InChI=1S/C20H18N4O5S/c1-25-14-5-3-12(7-16(14)26-2)8-19-23-24-18(21-22-20(24)30-19)10-27-13-4-6-15-17(9-13)29-11-28-15/h3-7,9H,8,10-11H2,1-2H3. The molecule has 1 aliphatic heterocycles. The summed E-state index contributed by atoms with van der Waals surface area (Å²) in [6, 6.07) is 11.3. The lowest BCUT2D eigenvalue weighted by Gasteiger charge is -2.08. The lowest BCUT2D eigenvalue weighted by molar-refractivity contribution is 0.173. The van der Waals surface area contributed by atoms with Crippen molar-refractivity contribution in [3.05, 3.63) is 52.8 Å². The molecule has 0 saturated carbocycles. The smallest absolute Gasteiger partial charge is 0.234 e. The Hall–Kier alpha value is -3.53. The minimum atomic E-state index is 0.227. The Kier molecular flexibility index (Phi) is 4.75. The van der Waals surface area contributed by atoms with E-state index in [1.54, 1.807) is 24.8 Å². The SMILES string of the molecule is COc1ccc(Cc2nn3c(COc4ccc5c(c4)OCO5)nnc3s2)cc1OC. The molecule has 0 amide bonds. The Morgan fingerprint density at radius 1 is 1.00 bits per heavy atom. The van der Waals surface area contributed by atoms with Crippen LogP contribution in [0.25, 0.3) is 4.96 Å². The molecule has 0 fully saturated rings. The van der Waals surface area contributed by atoms with E-state index in [0.29, 0.717) is 41.0 Å². The second-order valence-corrected chi connectivity index (χ2v) is 7.52. The number of ether oxygens (including phenoxy) is 5. The summed E-state index contributed by atoms with van der Waals surface area (Å²) in [6.45, 7) is 0.464. The molecule has 2 aromatic heterocycles. The van der Waals surface area contributed by atoms with Gasteiger partial charge in [-0.25, -0.2) is 0 Å². The molecule has 0 radical (unpaired) electrons. The predicted octanol–water partition coefficient (Wildman–Crippen LogP) is 3.10. The lowest BCUT2D eigenvalue weighted by Crippen LogP contribution is -2.03. The molecule has 30 heavy (non-hydrogen) atoms. The van der Waals surface area contributed by atoms with E-state index in [0.717, 1.165) is 15.5 Å². The van der Waals surface area contributed by atoms with Crippen molar-refractivity contribution in [2.45, 2.75) is 13.0 Å². The number of rotatable bonds is 7. The van der Waals surface area contributed by atoms with Gasteiger partial charge >= 0.3 is 0 Å². The highest BCUT2D eigenvalue weighted by atomic mass is 32.1. The van der Waals surface area contributed by atoms with Crippen LogP contribution in [0.2, 0.25) is 0 Å². The molecule has 0 aliphatic carbocycles. The van der Waals surface area contributed by atoms with Crippen LogP contribution in [-0.2, 0) is 13.0 Å². The number of hydrogen-bond acceptors (Lipinski definition) is 9. The molecule has 0 bridgehead atoms. The van der Waals surface area contributed by atoms with E-state index in [1.165, 1.54) is 11.3 Å². The number of aromatic nitrogens is 4. The topological polar surface area (TPSA) is 89.2 Å². The van der Waals surface area contributed by atoms with Crippen LogP contribution >= 0.6 is 11.3 Å². The first kappa shape index (κ1) is 18.5. The average molecular weight is 426 g/mol. The van der Waals surface area contributed by atoms with Crippen LogP contribution in [0.1, 0.15) is 16.4 Å². The van der Waals surface area contributed by atoms with Crippen molar-refractivity contribution in [2.24, 2.45) is 0 Å². The van der Waals surface area contributed by atoms with Crippen molar-refractivity contribution in [1.29, 1.82) is 0 Å². The van der Waals surface area contributed by atoms with Gasteiger partial charge in [-0.3, -0.25) is 0 Å². The Bertz CT molecular complexity index is 1210. The molecule has 5 rings (SSSR count). The number of nitrogens with zero attached hydrogens (tertiary/aromatic N) is 4. The van der Waals surface area contributed by atoms with E-state index in [9.17, 15) is 0 Å². The van der Waals surface area contributed by atoms with Gasteiger partial charge in [0.15, 0.2) is 28.8 Å². The first-order valence-corrected chi connectivity index (χ1v) is 9.98. The predicted molar refractivity (Wildman–Crippen MR) is 108 cm³/mol. The highest BCUT2D eigenvalue weighted by molar-refractivity contribution is 7.16. The van der Waals surface area contributed by atoms with Crippen molar-refractivity contribution < 1.29 is 23.7 Å². The summed E-state index contributed by atoms with van der Waals surface area (Å²) in [5.74, 6) is 4.06. The van der Waals surface area contributed by atoms with Crippen LogP contribution in [0.4, 0.5) is 0 Å². The summed E-state index contributed by atoms with van der Waals surface area (Å²) in [6.07, 6.45) is 0.650. The fourth-order valence-electron chi connectivity index (χ4n) is 3.14. The van der Waals surface area contributed by atoms with Crippen LogP contribution in [0.3, 0.4) is 0 Å². The van der Waals surface area contributed by atoms with Crippen molar-refractivity contribution in [2.75, 3.05) is 21.0 Å². The molecule has 0 spiro atoms. The summed E-state index contributed by atoms with van der Waals surface area (Å²) in [4.78, 5) is 0.717. The molecule has 0 N–H and O–H groups in total. The third-order valence-corrected chi connectivity index (χ3v) is 5.51. The molecule has 0 unspecified atom stereocenters. The fraction of sp³-hybridized carbons (Fsp3) is 0.250. The van der Waals surface area contributed by atoms with E-state index in [-0.39, 0.29) is 13.4 Å². The maximum Gasteiger partial charge on any atom is 0.234 e. The number of methoxy groups -OCH3 is 2. The Balaban J connectivity index is 1.31. The van der Waals surface area contributed by atoms with Gasteiger partial charge in [0.1, 0.15) is 17.4 Å². The third kappa shape index (κ3) is 3.45. The molecule has 0 saturated heterocycles. The molecule has 10 heteroatoms. The van der Waals surface area contributed by atoms with Gasteiger partial charge in [-0.05, 0) is 29.8 Å². The van der Waals surface area contributed by atoms with Gasteiger partial charge in [0, 0.05) is 12.5 Å². The number of fused-ring (bicyclic) bond motifs is 2. The molecule has 154 valence electrons. The van der Waals surface area contributed by atoms with Gasteiger partial charge < -0.3 is 23.7 Å².